The number of rotatable bonds is 4. The van der Waals surface area contributed by atoms with E-state index in [2.05, 4.69) is 32.2 Å². The van der Waals surface area contributed by atoms with Crippen molar-refractivity contribution in [3.05, 3.63) is 110 Å². The average molecular weight is 547 g/mol. The highest BCUT2D eigenvalue weighted by molar-refractivity contribution is 7.12. The van der Waals surface area contributed by atoms with Crippen molar-refractivity contribution in [2.45, 2.75) is 19.9 Å². The molecule has 0 saturated carbocycles. The maximum Gasteiger partial charge on any atom is 0.259 e. The summed E-state index contributed by atoms with van der Waals surface area (Å²) < 4.78 is 7.80. The Kier molecular flexibility index (Phi) is 6.34. The summed E-state index contributed by atoms with van der Waals surface area (Å²) in [6.07, 6.45) is 4.93. The van der Waals surface area contributed by atoms with Crippen LogP contribution in [0.25, 0.3) is 27.7 Å². The Bertz CT molecular complexity index is 2030. The van der Waals surface area contributed by atoms with Gasteiger partial charge in [-0.2, -0.15) is 0 Å². The lowest BCUT2D eigenvalue weighted by atomic mass is 9.97. The largest absolute Gasteiger partial charge is 0.458 e. The van der Waals surface area contributed by atoms with Gasteiger partial charge in [-0.05, 0) is 43.5 Å². The van der Waals surface area contributed by atoms with Crippen molar-refractivity contribution >= 4 is 39.7 Å². The van der Waals surface area contributed by atoms with Crippen LogP contribution in [-0.4, -0.2) is 25.5 Å². The number of hydrogen-bond acceptors (Lipinski definition) is 8. The van der Waals surface area contributed by atoms with Crippen molar-refractivity contribution in [1.82, 2.24) is 24.9 Å². The van der Waals surface area contributed by atoms with Gasteiger partial charge < -0.3 is 15.5 Å². The Morgan fingerprint density at radius 1 is 1.10 bits per heavy atom. The van der Waals surface area contributed by atoms with Crippen molar-refractivity contribution < 1.29 is 9.21 Å². The van der Waals surface area contributed by atoms with Crippen LogP contribution in [-0.2, 0) is 0 Å². The van der Waals surface area contributed by atoms with Gasteiger partial charge in [-0.1, -0.05) is 42.3 Å². The molecule has 1 amide bonds. The summed E-state index contributed by atoms with van der Waals surface area (Å²) in [5, 5.41) is 8.37. The van der Waals surface area contributed by atoms with Crippen LogP contribution in [0.3, 0.4) is 0 Å². The van der Waals surface area contributed by atoms with Gasteiger partial charge in [0, 0.05) is 18.0 Å². The molecule has 9 nitrogen and oxygen atoms in total. The number of amides is 1. The zero-order valence-electron chi connectivity index (χ0n) is 21.5. The molecular weight excluding hydrogens is 524 g/mol. The third-order valence-electron chi connectivity index (χ3n) is 6.34. The number of fused-ring (bicyclic) bond motifs is 2. The highest BCUT2D eigenvalue weighted by atomic mass is 32.1. The van der Waals surface area contributed by atoms with Crippen LogP contribution in [0.1, 0.15) is 44.5 Å². The van der Waals surface area contributed by atoms with Gasteiger partial charge in [0.2, 0.25) is 5.43 Å². The molecule has 196 valence electrons. The van der Waals surface area contributed by atoms with Gasteiger partial charge >= 0.3 is 0 Å². The summed E-state index contributed by atoms with van der Waals surface area (Å²) >= 11 is 1.48. The van der Waals surface area contributed by atoms with Crippen LogP contribution >= 0.6 is 11.3 Å². The number of nitrogens with zero attached hydrogens (tertiary/aromatic N) is 4. The standard InChI is InChI=1S/C30H22N6O3S/c1-17(34-30(38)25-28(31)35-36-15-7-14-32-29(25)36)27-24(19-8-4-3-5-9-19)26(37)23-20(10-6-11-22(23)39-27)12-13-21-16-33-18(2)40-21/h3-11,14-17H,1-2H3,(H2,31,35)(H,34,38)/t17-/m1/s1. The first kappa shape index (κ1) is 25.0. The minimum atomic E-state index is -0.701. The minimum absolute atomic E-state index is 0.0472. The lowest BCUT2D eigenvalue weighted by molar-refractivity contribution is 0.0938. The minimum Gasteiger partial charge on any atom is -0.458 e. The van der Waals surface area contributed by atoms with Gasteiger partial charge in [0.1, 0.15) is 16.9 Å². The van der Waals surface area contributed by atoms with Crippen molar-refractivity contribution in [2.75, 3.05) is 5.73 Å². The fourth-order valence-corrected chi connectivity index (χ4v) is 5.18. The van der Waals surface area contributed by atoms with Gasteiger partial charge in [0.15, 0.2) is 11.5 Å². The Balaban J connectivity index is 1.48. The van der Waals surface area contributed by atoms with Crippen LogP contribution in [0, 0.1) is 18.8 Å². The van der Waals surface area contributed by atoms with E-state index in [-0.39, 0.29) is 16.8 Å². The summed E-state index contributed by atoms with van der Waals surface area (Å²) in [6.45, 7) is 3.66. The number of anilines is 1. The lowest BCUT2D eigenvalue weighted by Gasteiger charge is -2.18. The molecule has 0 radical (unpaired) electrons. The summed E-state index contributed by atoms with van der Waals surface area (Å²) in [5.74, 6) is 6.09. The van der Waals surface area contributed by atoms with Crippen LogP contribution in [0.15, 0.2) is 82.4 Å². The molecule has 40 heavy (non-hydrogen) atoms. The zero-order valence-corrected chi connectivity index (χ0v) is 22.3. The number of aryl methyl sites for hydroxylation is 1. The van der Waals surface area contributed by atoms with Crippen LogP contribution in [0.5, 0.6) is 0 Å². The van der Waals surface area contributed by atoms with Crippen molar-refractivity contribution in [1.29, 1.82) is 0 Å². The molecule has 4 heterocycles. The maximum atomic E-state index is 14.1. The maximum absolute atomic E-state index is 14.1. The van der Waals surface area contributed by atoms with Crippen molar-refractivity contribution in [2.24, 2.45) is 0 Å². The molecule has 1 atom stereocenters. The van der Waals surface area contributed by atoms with E-state index in [1.807, 2.05) is 37.3 Å². The fourth-order valence-electron chi connectivity index (χ4n) is 4.55. The van der Waals surface area contributed by atoms with E-state index < -0.39 is 11.9 Å². The summed E-state index contributed by atoms with van der Waals surface area (Å²) in [4.78, 5) is 36.8. The van der Waals surface area contributed by atoms with Crippen LogP contribution in [0.4, 0.5) is 5.82 Å². The van der Waals surface area contributed by atoms with E-state index in [1.165, 1.54) is 15.9 Å². The Morgan fingerprint density at radius 2 is 1.93 bits per heavy atom. The average Bonchev–Trinajstić information content (AvgIpc) is 3.53. The zero-order chi connectivity index (χ0) is 27.8. The second-order valence-electron chi connectivity index (χ2n) is 9.05. The molecule has 0 saturated heterocycles. The lowest BCUT2D eigenvalue weighted by Crippen LogP contribution is -2.28. The molecule has 0 aliphatic carbocycles. The van der Waals surface area contributed by atoms with E-state index >= 15 is 0 Å². The molecule has 0 fully saturated rings. The van der Waals surface area contributed by atoms with Gasteiger partial charge in [0.05, 0.1) is 33.1 Å². The van der Waals surface area contributed by atoms with Gasteiger partial charge in [-0.15, -0.1) is 16.4 Å². The molecule has 3 N–H and O–H groups in total. The summed E-state index contributed by atoms with van der Waals surface area (Å²) in [5.41, 5.74) is 8.19. The second-order valence-corrected chi connectivity index (χ2v) is 10.3. The number of nitrogens with two attached hydrogens (primary N) is 1. The predicted octanol–water partition coefficient (Wildman–Crippen LogP) is 4.74. The number of carbonyl (C=O) groups excluding carboxylic acids is 1. The van der Waals surface area contributed by atoms with Gasteiger partial charge in [0.25, 0.3) is 5.91 Å². The Hall–Kier alpha value is -5.27. The monoisotopic (exact) mass is 546 g/mol. The third kappa shape index (κ3) is 4.48. The first-order chi connectivity index (χ1) is 19.4. The third-order valence-corrected chi connectivity index (χ3v) is 7.17. The van der Waals surface area contributed by atoms with E-state index in [1.54, 1.807) is 49.8 Å². The first-order valence-corrected chi connectivity index (χ1v) is 13.2. The smallest absolute Gasteiger partial charge is 0.259 e. The molecular formula is C30H22N6O3S. The molecule has 0 spiro atoms. The SMILES string of the molecule is Cc1ncc(C#Cc2cccc3oc([C@@H](C)NC(=O)c4c(N)nn5cccnc45)c(-c4ccccc4)c(=O)c23)s1. The highest BCUT2D eigenvalue weighted by Gasteiger charge is 2.26. The number of benzene rings is 2. The van der Waals surface area contributed by atoms with Crippen LogP contribution in [0.2, 0.25) is 0 Å². The topological polar surface area (TPSA) is 128 Å². The summed E-state index contributed by atoms with van der Waals surface area (Å²) in [7, 11) is 0. The highest BCUT2D eigenvalue weighted by Crippen LogP contribution is 2.30. The molecule has 0 bridgehead atoms. The van der Waals surface area contributed by atoms with Gasteiger partial charge in [-0.25, -0.2) is 14.5 Å². The van der Waals surface area contributed by atoms with Crippen LogP contribution < -0.4 is 16.5 Å². The molecule has 10 heteroatoms. The normalized spacial score (nSPS) is 11.8. The number of aromatic nitrogens is 4. The number of nitrogens with one attached hydrogen (secondary N) is 1. The van der Waals surface area contributed by atoms with Gasteiger partial charge in [-0.3, -0.25) is 9.59 Å². The molecule has 4 aromatic heterocycles. The molecule has 0 aliphatic heterocycles. The van der Waals surface area contributed by atoms with Crippen molar-refractivity contribution in [3.63, 3.8) is 0 Å². The molecule has 6 aromatic rings. The predicted molar refractivity (Wildman–Crippen MR) is 154 cm³/mol. The molecule has 0 aliphatic rings. The Morgan fingerprint density at radius 3 is 2.70 bits per heavy atom. The fraction of sp³-hybridized carbons (Fsp3) is 0.100. The Labute approximate surface area is 232 Å². The van der Waals surface area contributed by atoms with E-state index in [0.717, 1.165) is 9.88 Å². The molecule has 2 aromatic carbocycles. The number of carbonyl (C=O) groups is 1. The quantitative estimate of drug-likeness (QED) is 0.306. The van der Waals surface area contributed by atoms with E-state index in [4.69, 9.17) is 10.2 Å². The number of thiazole rings is 1. The number of hydrogen-bond donors (Lipinski definition) is 2. The van der Waals surface area contributed by atoms with Crippen molar-refractivity contribution in [3.8, 4) is 23.0 Å². The van der Waals surface area contributed by atoms with E-state index in [9.17, 15) is 9.59 Å². The second kappa shape index (κ2) is 10.1. The van der Waals surface area contributed by atoms with E-state index in [0.29, 0.717) is 39.1 Å². The first-order valence-electron chi connectivity index (χ1n) is 12.4. The molecule has 6 rings (SSSR count). The molecule has 0 unspecified atom stereocenters. The number of nitrogen functional groups attached to an aromatic ring is 1. The summed E-state index contributed by atoms with van der Waals surface area (Å²) in [6, 6.07) is 15.5.